The van der Waals surface area contributed by atoms with Gasteiger partial charge in [-0.05, 0) is 24.0 Å². The van der Waals surface area contributed by atoms with Crippen LogP contribution in [0.4, 0.5) is 0 Å². The maximum absolute atomic E-state index is 12.1. The van der Waals surface area contributed by atoms with Crippen LogP contribution in [0.5, 0.6) is 0 Å². The standard InChI is InChI=1S/C16H22N2O/c1-2-14-10-11-18(12-15(14)17)16(19)9-8-13-6-4-3-5-7-13/h3-9,14-15H,2,10-12,17H2,1H3/b9-8+. The Labute approximate surface area is 115 Å². The summed E-state index contributed by atoms with van der Waals surface area (Å²) >= 11 is 0. The summed E-state index contributed by atoms with van der Waals surface area (Å²) in [7, 11) is 0. The summed E-state index contributed by atoms with van der Waals surface area (Å²) in [6, 6.07) is 9.98. The van der Waals surface area contributed by atoms with Crippen molar-refractivity contribution in [1.29, 1.82) is 0 Å². The van der Waals surface area contributed by atoms with Gasteiger partial charge in [-0.3, -0.25) is 4.79 Å². The summed E-state index contributed by atoms with van der Waals surface area (Å²) in [6.07, 6.45) is 5.62. The van der Waals surface area contributed by atoms with Crippen LogP contribution >= 0.6 is 0 Å². The molecule has 0 bridgehead atoms. The zero-order valence-electron chi connectivity index (χ0n) is 11.5. The minimum Gasteiger partial charge on any atom is -0.338 e. The van der Waals surface area contributed by atoms with Gasteiger partial charge in [0.15, 0.2) is 0 Å². The number of amides is 1. The highest BCUT2D eigenvalue weighted by molar-refractivity contribution is 5.91. The van der Waals surface area contributed by atoms with Crippen molar-refractivity contribution in [1.82, 2.24) is 4.90 Å². The number of likely N-dealkylation sites (tertiary alicyclic amines) is 1. The van der Waals surface area contributed by atoms with Crippen LogP contribution in [0.3, 0.4) is 0 Å². The Hall–Kier alpha value is -1.61. The van der Waals surface area contributed by atoms with Crippen LogP contribution in [0, 0.1) is 5.92 Å². The fourth-order valence-corrected chi connectivity index (χ4v) is 2.57. The Kier molecular flexibility index (Phi) is 4.74. The number of hydrogen-bond acceptors (Lipinski definition) is 2. The van der Waals surface area contributed by atoms with Crippen LogP contribution in [0.2, 0.25) is 0 Å². The second kappa shape index (κ2) is 6.53. The lowest BCUT2D eigenvalue weighted by Gasteiger charge is -2.35. The van der Waals surface area contributed by atoms with Crippen molar-refractivity contribution in [3.05, 3.63) is 42.0 Å². The number of nitrogens with zero attached hydrogens (tertiary/aromatic N) is 1. The number of hydrogen-bond donors (Lipinski definition) is 1. The van der Waals surface area contributed by atoms with Crippen molar-refractivity contribution >= 4 is 12.0 Å². The van der Waals surface area contributed by atoms with E-state index in [1.807, 2.05) is 41.3 Å². The lowest BCUT2D eigenvalue weighted by molar-refractivity contribution is -0.127. The van der Waals surface area contributed by atoms with Crippen LogP contribution in [0.15, 0.2) is 36.4 Å². The first-order valence-electron chi connectivity index (χ1n) is 6.98. The van der Waals surface area contributed by atoms with E-state index >= 15 is 0 Å². The molecule has 3 nitrogen and oxygen atoms in total. The van der Waals surface area contributed by atoms with Gasteiger partial charge in [-0.2, -0.15) is 0 Å². The van der Waals surface area contributed by atoms with Gasteiger partial charge in [0.2, 0.25) is 5.91 Å². The maximum Gasteiger partial charge on any atom is 0.246 e. The largest absolute Gasteiger partial charge is 0.338 e. The van der Waals surface area contributed by atoms with Crippen LogP contribution in [0.1, 0.15) is 25.3 Å². The molecule has 0 aliphatic carbocycles. The van der Waals surface area contributed by atoms with Gasteiger partial charge in [-0.25, -0.2) is 0 Å². The van der Waals surface area contributed by atoms with E-state index in [-0.39, 0.29) is 11.9 Å². The van der Waals surface area contributed by atoms with E-state index in [0.717, 1.165) is 24.9 Å². The third-order valence-electron chi connectivity index (χ3n) is 3.86. The molecule has 1 aromatic rings. The number of rotatable bonds is 3. The van der Waals surface area contributed by atoms with E-state index in [0.29, 0.717) is 12.5 Å². The first-order valence-corrected chi connectivity index (χ1v) is 6.98. The maximum atomic E-state index is 12.1. The van der Waals surface area contributed by atoms with E-state index in [1.54, 1.807) is 6.08 Å². The molecule has 3 heteroatoms. The molecule has 0 saturated carbocycles. The van der Waals surface area contributed by atoms with Crippen LogP contribution in [-0.4, -0.2) is 29.9 Å². The van der Waals surface area contributed by atoms with E-state index < -0.39 is 0 Å². The molecule has 0 aromatic heterocycles. The fraction of sp³-hybridized carbons (Fsp3) is 0.438. The average Bonchev–Trinajstić information content (AvgIpc) is 2.45. The number of piperidine rings is 1. The number of nitrogens with two attached hydrogens (primary N) is 1. The molecule has 1 heterocycles. The molecular weight excluding hydrogens is 236 g/mol. The Balaban J connectivity index is 1.92. The van der Waals surface area contributed by atoms with Crippen molar-refractivity contribution in [2.45, 2.75) is 25.8 Å². The summed E-state index contributed by atoms with van der Waals surface area (Å²) in [5.74, 6) is 0.621. The van der Waals surface area contributed by atoms with E-state index in [4.69, 9.17) is 5.73 Å². The minimum atomic E-state index is 0.0638. The Morgan fingerprint density at radius 3 is 2.79 bits per heavy atom. The normalized spacial score (nSPS) is 23.8. The van der Waals surface area contributed by atoms with Crippen molar-refractivity contribution in [3.8, 4) is 0 Å². The second-order valence-electron chi connectivity index (χ2n) is 5.15. The lowest BCUT2D eigenvalue weighted by Crippen LogP contribution is -2.49. The van der Waals surface area contributed by atoms with Crippen molar-refractivity contribution in [2.24, 2.45) is 11.7 Å². The van der Waals surface area contributed by atoms with Gasteiger partial charge < -0.3 is 10.6 Å². The quantitative estimate of drug-likeness (QED) is 0.846. The topological polar surface area (TPSA) is 46.3 Å². The molecular formula is C16H22N2O. The second-order valence-corrected chi connectivity index (χ2v) is 5.15. The molecule has 1 aliphatic heterocycles. The highest BCUT2D eigenvalue weighted by Crippen LogP contribution is 2.19. The molecule has 102 valence electrons. The average molecular weight is 258 g/mol. The van der Waals surface area contributed by atoms with Crippen molar-refractivity contribution < 1.29 is 4.79 Å². The first-order chi connectivity index (χ1) is 9.20. The van der Waals surface area contributed by atoms with Crippen LogP contribution in [-0.2, 0) is 4.79 Å². The van der Waals surface area contributed by atoms with Gasteiger partial charge in [0.05, 0.1) is 0 Å². The Bertz CT molecular complexity index is 441. The first kappa shape index (κ1) is 13.8. The molecule has 2 unspecified atom stereocenters. The summed E-state index contributed by atoms with van der Waals surface area (Å²) < 4.78 is 0. The molecule has 1 fully saturated rings. The van der Waals surface area contributed by atoms with Gasteiger partial charge in [0.25, 0.3) is 0 Å². The number of benzene rings is 1. The summed E-state index contributed by atoms with van der Waals surface area (Å²) in [5, 5.41) is 0. The van der Waals surface area contributed by atoms with Crippen LogP contribution < -0.4 is 5.73 Å². The highest BCUT2D eigenvalue weighted by atomic mass is 16.2. The number of carbonyl (C=O) groups excluding carboxylic acids is 1. The fourth-order valence-electron chi connectivity index (χ4n) is 2.57. The molecule has 2 N–H and O–H groups in total. The van der Waals surface area contributed by atoms with Crippen molar-refractivity contribution in [2.75, 3.05) is 13.1 Å². The van der Waals surface area contributed by atoms with Crippen LogP contribution in [0.25, 0.3) is 6.08 Å². The smallest absolute Gasteiger partial charge is 0.246 e. The van der Waals surface area contributed by atoms with Gasteiger partial charge in [-0.15, -0.1) is 0 Å². The predicted octanol–water partition coefficient (Wildman–Crippen LogP) is 2.29. The summed E-state index contributed by atoms with van der Waals surface area (Å²) in [6.45, 7) is 3.66. The van der Waals surface area contributed by atoms with Gasteiger partial charge >= 0.3 is 0 Å². The molecule has 2 rings (SSSR count). The minimum absolute atomic E-state index is 0.0638. The SMILES string of the molecule is CCC1CCN(C(=O)/C=C/c2ccccc2)CC1N. The van der Waals surface area contributed by atoms with E-state index in [2.05, 4.69) is 6.92 Å². The summed E-state index contributed by atoms with van der Waals surface area (Å²) in [4.78, 5) is 14.0. The third-order valence-corrected chi connectivity index (χ3v) is 3.86. The highest BCUT2D eigenvalue weighted by Gasteiger charge is 2.26. The zero-order chi connectivity index (χ0) is 13.7. The number of carbonyl (C=O) groups is 1. The van der Waals surface area contributed by atoms with Gasteiger partial charge in [-0.1, -0.05) is 43.7 Å². The van der Waals surface area contributed by atoms with Crippen molar-refractivity contribution in [3.63, 3.8) is 0 Å². The monoisotopic (exact) mass is 258 g/mol. The van der Waals surface area contributed by atoms with Gasteiger partial charge in [0.1, 0.15) is 0 Å². The van der Waals surface area contributed by atoms with E-state index in [9.17, 15) is 4.79 Å². The zero-order valence-corrected chi connectivity index (χ0v) is 11.5. The van der Waals surface area contributed by atoms with Gasteiger partial charge in [0, 0.05) is 25.2 Å². The molecule has 2 atom stereocenters. The Morgan fingerprint density at radius 2 is 2.16 bits per heavy atom. The third kappa shape index (κ3) is 3.67. The van der Waals surface area contributed by atoms with E-state index in [1.165, 1.54) is 0 Å². The summed E-state index contributed by atoms with van der Waals surface area (Å²) in [5.41, 5.74) is 7.15. The lowest BCUT2D eigenvalue weighted by atomic mass is 9.90. The molecule has 1 amide bonds. The molecule has 1 saturated heterocycles. The predicted molar refractivity (Wildman–Crippen MR) is 78.4 cm³/mol. The molecule has 19 heavy (non-hydrogen) atoms. The molecule has 0 radical (unpaired) electrons. The Morgan fingerprint density at radius 1 is 1.42 bits per heavy atom. The molecule has 1 aromatic carbocycles. The molecule has 1 aliphatic rings. The molecule has 0 spiro atoms.